The van der Waals surface area contributed by atoms with Crippen LogP contribution in [0.2, 0.25) is 0 Å². The number of aliphatic imine (C=N–C) groups is 1. The van der Waals surface area contributed by atoms with Gasteiger partial charge in [-0.05, 0) is 49.4 Å². The van der Waals surface area contributed by atoms with Crippen LogP contribution in [-0.2, 0) is 9.53 Å². The predicted octanol–water partition coefficient (Wildman–Crippen LogP) is 4.59. The lowest BCUT2D eigenvalue weighted by molar-refractivity contribution is -0.129. The van der Waals surface area contributed by atoms with Crippen molar-refractivity contribution in [2.75, 3.05) is 0 Å². The quantitative estimate of drug-likeness (QED) is 0.503. The molecule has 4 rings (SSSR count). The van der Waals surface area contributed by atoms with E-state index in [1.165, 1.54) is 11.3 Å². The van der Waals surface area contributed by atoms with Gasteiger partial charge in [-0.3, -0.25) is 0 Å². The third-order valence-electron chi connectivity index (χ3n) is 3.62. The van der Waals surface area contributed by atoms with E-state index in [4.69, 9.17) is 9.47 Å². The first-order chi connectivity index (χ1) is 12.7. The maximum Gasteiger partial charge on any atom is 0.363 e. The summed E-state index contributed by atoms with van der Waals surface area (Å²) in [5, 5.41) is 2.81. The Morgan fingerprint density at radius 3 is 2.46 bits per heavy atom. The molecule has 128 valence electrons. The first-order valence-electron chi connectivity index (χ1n) is 7.95. The molecule has 3 aromatic rings. The molecule has 0 saturated carbocycles. The minimum atomic E-state index is -0.477. The zero-order chi connectivity index (χ0) is 17.9. The van der Waals surface area contributed by atoms with Gasteiger partial charge in [0.25, 0.3) is 0 Å². The van der Waals surface area contributed by atoms with Gasteiger partial charge in [-0.25, -0.2) is 14.8 Å². The molecule has 1 aliphatic heterocycles. The maximum absolute atomic E-state index is 12.0. The van der Waals surface area contributed by atoms with E-state index < -0.39 is 5.97 Å². The minimum absolute atomic E-state index is 0.245. The van der Waals surface area contributed by atoms with Gasteiger partial charge in [0.15, 0.2) is 5.70 Å². The summed E-state index contributed by atoms with van der Waals surface area (Å²) >= 11 is 1.52. The minimum Gasteiger partial charge on any atom is -0.457 e. The summed E-state index contributed by atoms with van der Waals surface area (Å²) in [5.74, 6) is 1.25. The number of nitrogens with zero attached hydrogens (tertiary/aromatic N) is 2. The SMILES string of the molecule is Cc1nc(/C=C2\N=C(c3ccc(Oc4ccccc4)cc3)OC2=O)cs1. The van der Waals surface area contributed by atoms with E-state index in [9.17, 15) is 4.79 Å². The van der Waals surface area contributed by atoms with Gasteiger partial charge in [0.1, 0.15) is 11.5 Å². The Morgan fingerprint density at radius 1 is 1.04 bits per heavy atom. The van der Waals surface area contributed by atoms with Crippen LogP contribution in [0, 0.1) is 6.92 Å². The van der Waals surface area contributed by atoms with Crippen LogP contribution in [0.4, 0.5) is 0 Å². The van der Waals surface area contributed by atoms with Crippen molar-refractivity contribution in [2.45, 2.75) is 6.92 Å². The Kier molecular flexibility index (Phi) is 4.33. The van der Waals surface area contributed by atoms with Crippen molar-refractivity contribution in [1.82, 2.24) is 4.98 Å². The van der Waals surface area contributed by atoms with Crippen molar-refractivity contribution in [3.8, 4) is 11.5 Å². The lowest BCUT2D eigenvalue weighted by Gasteiger charge is -2.06. The van der Waals surface area contributed by atoms with Crippen molar-refractivity contribution < 1.29 is 14.3 Å². The molecule has 0 saturated heterocycles. The number of aromatic nitrogens is 1. The molecule has 2 heterocycles. The molecule has 5 nitrogen and oxygen atoms in total. The first kappa shape index (κ1) is 16.2. The molecule has 26 heavy (non-hydrogen) atoms. The fourth-order valence-electron chi connectivity index (χ4n) is 2.41. The molecule has 0 aliphatic carbocycles. The highest BCUT2D eigenvalue weighted by molar-refractivity contribution is 7.09. The number of esters is 1. The highest BCUT2D eigenvalue weighted by Crippen LogP contribution is 2.24. The standard InChI is InChI=1S/C20H14N2O3S/c1-13-21-15(12-26-13)11-18-20(23)25-19(22-18)14-7-9-17(10-8-14)24-16-5-3-2-4-6-16/h2-12H,1H3/b18-11-. The van der Waals surface area contributed by atoms with Gasteiger partial charge >= 0.3 is 5.97 Å². The summed E-state index contributed by atoms with van der Waals surface area (Å²) in [5.41, 5.74) is 1.66. The van der Waals surface area contributed by atoms with Gasteiger partial charge in [-0.2, -0.15) is 0 Å². The Morgan fingerprint density at radius 2 is 1.77 bits per heavy atom. The monoisotopic (exact) mass is 362 g/mol. The van der Waals surface area contributed by atoms with E-state index in [-0.39, 0.29) is 11.6 Å². The van der Waals surface area contributed by atoms with Gasteiger partial charge < -0.3 is 9.47 Å². The Bertz CT molecular complexity index is 1010. The van der Waals surface area contributed by atoms with E-state index >= 15 is 0 Å². The van der Waals surface area contributed by atoms with E-state index in [1.54, 1.807) is 18.2 Å². The summed E-state index contributed by atoms with van der Waals surface area (Å²) < 4.78 is 11.0. The van der Waals surface area contributed by atoms with E-state index in [2.05, 4.69) is 9.98 Å². The number of ether oxygens (including phenoxy) is 2. The van der Waals surface area contributed by atoms with Crippen LogP contribution in [0.1, 0.15) is 16.3 Å². The Balaban J connectivity index is 1.53. The molecule has 6 heteroatoms. The molecule has 0 amide bonds. The molecule has 0 atom stereocenters. The highest BCUT2D eigenvalue weighted by atomic mass is 32.1. The zero-order valence-electron chi connectivity index (χ0n) is 13.9. The van der Waals surface area contributed by atoms with Gasteiger partial charge in [0.05, 0.1) is 10.7 Å². The molecule has 2 aromatic carbocycles. The predicted molar refractivity (Wildman–Crippen MR) is 100 cm³/mol. The number of para-hydroxylation sites is 1. The summed E-state index contributed by atoms with van der Waals surface area (Å²) in [6, 6.07) is 16.7. The number of cyclic esters (lactones) is 1. The highest BCUT2D eigenvalue weighted by Gasteiger charge is 2.24. The number of aryl methyl sites for hydroxylation is 1. The molecule has 0 spiro atoms. The molecular formula is C20H14N2O3S. The van der Waals surface area contributed by atoms with Crippen LogP contribution in [0.5, 0.6) is 11.5 Å². The van der Waals surface area contributed by atoms with Gasteiger partial charge in [0.2, 0.25) is 5.90 Å². The second-order valence-electron chi connectivity index (χ2n) is 5.57. The second kappa shape index (κ2) is 6.93. The molecule has 1 aliphatic rings. The molecule has 0 bridgehead atoms. The van der Waals surface area contributed by atoms with Crippen LogP contribution in [-0.4, -0.2) is 16.9 Å². The van der Waals surface area contributed by atoms with Gasteiger partial charge in [0, 0.05) is 10.9 Å². The van der Waals surface area contributed by atoms with Crippen molar-refractivity contribution in [3.63, 3.8) is 0 Å². The van der Waals surface area contributed by atoms with Crippen LogP contribution in [0.15, 0.2) is 70.7 Å². The van der Waals surface area contributed by atoms with Crippen LogP contribution in [0.3, 0.4) is 0 Å². The van der Waals surface area contributed by atoms with Crippen molar-refractivity contribution in [1.29, 1.82) is 0 Å². The largest absolute Gasteiger partial charge is 0.457 e. The smallest absolute Gasteiger partial charge is 0.363 e. The maximum atomic E-state index is 12.0. The second-order valence-corrected chi connectivity index (χ2v) is 6.63. The third-order valence-corrected chi connectivity index (χ3v) is 4.41. The number of hydrogen-bond acceptors (Lipinski definition) is 6. The average molecular weight is 362 g/mol. The van der Waals surface area contributed by atoms with Gasteiger partial charge in [-0.15, -0.1) is 11.3 Å². The number of rotatable bonds is 4. The van der Waals surface area contributed by atoms with Crippen LogP contribution < -0.4 is 4.74 Å². The van der Waals surface area contributed by atoms with Crippen molar-refractivity contribution >= 4 is 29.3 Å². The third kappa shape index (κ3) is 3.55. The fraction of sp³-hybridized carbons (Fsp3) is 0.0500. The molecule has 0 fully saturated rings. The van der Waals surface area contributed by atoms with E-state index in [0.717, 1.165) is 10.8 Å². The number of benzene rings is 2. The van der Waals surface area contributed by atoms with Crippen LogP contribution in [0.25, 0.3) is 6.08 Å². The van der Waals surface area contributed by atoms with Gasteiger partial charge in [-0.1, -0.05) is 18.2 Å². The lowest BCUT2D eigenvalue weighted by Crippen LogP contribution is -2.05. The molecule has 0 unspecified atom stereocenters. The normalized spacial score (nSPS) is 15.0. The fourth-order valence-corrected chi connectivity index (χ4v) is 2.98. The summed E-state index contributed by atoms with van der Waals surface area (Å²) in [7, 11) is 0. The number of thiazole rings is 1. The first-order valence-corrected chi connectivity index (χ1v) is 8.83. The topological polar surface area (TPSA) is 60.8 Å². The average Bonchev–Trinajstić information content (AvgIpc) is 3.23. The molecular weight excluding hydrogens is 348 g/mol. The van der Waals surface area contributed by atoms with Crippen molar-refractivity contribution in [2.24, 2.45) is 4.99 Å². The molecule has 0 radical (unpaired) electrons. The molecule has 0 N–H and O–H groups in total. The Hall–Kier alpha value is -3.25. The van der Waals surface area contributed by atoms with Crippen LogP contribution >= 0.6 is 11.3 Å². The van der Waals surface area contributed by atoms with E-state index in [0.29, 0.717) is 17.0 Å². The summed E-state index contributed by atoms with van der Waals surface area (Å²) in [6.45, 7) is 1.91. The summed E-state index contributed by atoms with van der Waals surface area (Å²) in [6.07, 6.45) is 1.63. The number of carbonyl (C=O) groups excluding carboxylic acids is 1. The Labute approximate surface area is 154 Å². The summed E-state index contributed by atoms with van der Waals surface area (Å²) in [4.78, 5) is 20.6. The van der Waals surface area contributed by atoms with E-state index in [1.807, 2.05) is 54.8 Å². The number of hydrogen-bond donors (Lipinski definition) is 0. The zero-order valence-corrected chi connectivity index (χ0v) is 14.7. The number of carbonyl (C=O) groups is 1. The lowest BCUT2D eigenvalue weighted by atomic mass is 10.2. The molecule has 1 aromatic heterocycles. The van der Waals surface area contributed by atoms with Crippen molar-refractivity contribution in [3.05, 3.63) is 81.9 Å².